The van der Waals surface area contributed by atoms with Crippen LogP contribution in [-0.2, 0) is 0 Å². The van der Waals surface area contributed by atoms with Crippen LogP contribution >= 0.6 is 22.7 Å². The summed E-state index contributed by atoms with van der Waals surface area (Å²) < 4.78 is 0. The van der Waals surface area contributed by atoms with Crippen LogP contribution in [0.2, 0.25) is 0 Å². The Morgan fingerprint density at radius 3 is 2.42 bits per heavy atom. The van der Waals surface area contributed by atoms with E-state index in [1.807, 2.05) is 11.8 Å². The van der Waals surface area contributed by atoms with Crippen molar-refractivity contribution in [1.29, 1.82) is 0 Å². The standard InChI is InChI=1S/C19H26N4OS2/c1-15-17(26-18(20-15)16-4-13-25-14-16)19(24)23-11-9-22(10-12-23)8-7-21-5-2-3-6-21/h4,13-14H,2-3,5-12H2,1H3. The van der Waals surface area contributed by atoms with Gasteiger partial charge in [-0.1, -0.05) is 0 Å². The average Bonchev–Trinajstić information content (AvgIpc) is 3.41. The number of hydrogen-bond acceptors (Lipinski definition) is 6. The predicted molar refractivity (Wildman–Crippen MR) is 108 cm³/mol. The van der Waals surface area contributed by atoms with Gasteiger partial charge in [-0.25, -0.2) is 4.98 Å². The maximum Gasteiger partial charge on any atom is 0.265 e. The number of aryl methyl sites for hydroxylation is 1. The molecule has 2 aliphatic heterocycles. The first kappa shape index (κ1) is 18.1. The number of thiazole rings is 1. The van der Waals surface area contributed by atoms with Crippen molar-refractivity contribution in [3.05, 3.63) is 27.4 Å². The molecule has 7 heteroatoms. The molecule has 2 saturated heterocycles. The number of hydrogen-bond donors (Lipinski definition) is 0. The molecule has 0 atom stereocenters. The second-order valence-corrected chi connectivity index (χ2v) is 8.91. The normalized spacial score (nSPS) is 19.3. The maximum atomic E-state index is 12.9. The third-order valence-corrected chi connectivity index (χ3v) is 7.23. The van der Waals surface area contributed by atoms with Crippen molar-refractivity contribution in [3.63, 3.8) is 0 Å². The van der Waals surface area contributed by atoms with Gasteiger partial charge < -0.3 is 9.80 Å². The van der Waals surface area contributed by atoms with Gasteiger partial charge in [-0.05, 0) is 44.3 Å². The van der Waals surface area contributed by atoms with Crippen LogP contribution in [0.25, 0.3) is 10.6 Å². The van der Waals surface area contributed by atoms with Gasteiger partial charge in [0, 0.05) is 50.2 Å². The molecule has 2 aromatic rings. The van der Waals surface area contributed by atoms with Crippen molar-refractivity contribution >= 4 is 28.6 Å². The Bertz CT molecular complexity index is 729. The summed E-state index contributed by atoms with van der Waals surface area (Å²) in [6.07, 6.45) is 2.70. The highest BCUT2D eigenvalue weighted by Crippen LogP contribution is 2.30. The fourth-order valence-electron chi connectivity index (χ4n) is 3.71. The number of carbonyl (C=O) groups excluding carboxylic acids is 1. The molecule has 0 N–H and O–H groups in total. The van der Waals surface area contributed by atoms with Crippen molar-refractivity contribution in [2.24, 2.45) is 0 Å². The number of rotatable bonds is 5. The molecule has 2 aliphatic rings. The summed E-state index contributed by atoms with van der Waals surface area (Å²) in [4.78, 5) is 25.4. The number of thiophene rings is 1. The van der Waals surface area contributed by atoms with Gasteiger partial charge in [0.2, 0.25) is 0 Å². The first-order valence-corrected chi connectivity index (χ1v) is 11.2. The Morgan fingerprint density at radius 2 is 1.77 bits per heavy atom. The first-order chi connectivity index (χ1) is 12.7. The quantitative estimate of drug-likeness (QED) is 0.787. The van der Waals surface area contributed by atoms with Crippen LogP contribution in [0.5, 0.6) is 0 Å². The summed E-state index contributed by atoms with van der Waals surface area (Å²) in [5.41, 5.74) is 1.98. The molecule has 2 aromatic heterocycles. The molecular formula is C19H26N4OS2. The molecule has 0 radical (unpaired) electrons. The molecule has 1 amide bonds. The second-order valence-electron chi connectivity index (χ2n) is 7.13. The maximum absolute atomic E-state index is 12.9. The highest BCUT2D eigenvalue weighted by atomic mass is 32.1. The summed E-state index contributed by atoms with van der Waals surface area (Å²) in [6.45, 7) is 10.4. The number of likely N-dealkylation sites (tertiary alicyclic amines) is 1. The summed E-state index contributed by atoms with van der Waals surface area (Å²) in [6, 6.07) is 2.07. The Labute approximate surface area is 163 Å². The Balaban J connectivity index is 1.32. The van der Waals surface area contributed by atoms with Gasteiger partial charge >= 0.3 is 0 Å². The van der Waals surface area contributed by atoms with E-state index in [9.17, 15) is 4.79 Å². The topological polar surface area (TPSA) is 39.7 Å². The predicted octanol–water partition coefficient (Wildman–Crippen LogP) is 3.03. The Hall–Kier alpha value is -1.28. The minimum absolute atomic E-state index is 0.153. The first-order valence-electron chi connectivity index (χ1n) is 9.45. The van der Waals surface area contributed by atoms with Gasteiger partial charge in [-0.15, -0.1) is 11.3 Å². The summed E-state index contributed by atoms with van der Waals surface area (Å²) in [5.74, 6) is 0.153. The molecule has 2 fully saturated rings. The molecule has 4 rings (SSSR count). The molecular weight excluding hydrogens is 364 g/mol. The van der Waals surface area contributed by atoms with Crippen LogP contribution in [0.4, 0.5) is 0 Å². The lowest BCUT2D eigenvalue weighted by molar-refractivity contribution is 0.0630. The highest BCUT2D eigenvalue weighted by Gasteiger charge is 2.26. The van der Waals surface area contributed by atoms with Crippen molar-refractivity contribution in [1.82, 2.24) is 19.7 Å². The number of carbonyl (C=O) groups is 1. The number of amides is 1. The fraction of sp³-hybridized carbons (Fsp3) is 0.579. The smallest absolute Gasteiger partial charge is 0.265 e. The Kier molecular flexibility index (Phi) is 5.69. The summed E-state index contributed by atoms with van der Waals surface area (Å²) >= 11 is 3.19. The molecule has 26 heavy (non-hydrogen) atoms. The van der Waals surface area contributed by atoms with Crippen LogP contribution < -0.4 is 0 Å². The van der Waals surface area contributed by atoms with Crippen LogP contribution in [0.15, 0.2) is 16.8 Å². The summed E-state index contributed by atoms with van der Waals surface area (Å²) in [7, 11) is 0. The molecule has 140 valence electrons. The van der Waals surface area contributed by atoms with E-state index in [1.165, 1.54) is 43.8 Å². The zero-order valence-corrected chi connectivity index (χ0v) is 16.9. The average molecular weight is 391 g/mol. The van der Waals surface area contributed by atoms with E-state index >= 15 is 0 Å². The van der Waals surface area contributed by atoms with E-state index in [1.54, 1.807) is 11.3 Å². The molecule has 0 aromatic carbocycles. The lowest BCUT2D eigenvalue weighted by Crippen LogP contribution is -2.50. The number of piperazine rings is 1. The minimum atomic E-state index is 0.153. The van der Waals surface area contributed by atoms with Crippen molar-refractivity contribution in [2.75, 3.05) is 52.4 Å². The zero-order chi connectivity index (χ0) is 17.9. The molecule has 4 heterocycles. The van der Waals surface area contributed by atoms with Gasteiger partial charge in [0.25, 0.3) is 5.91 Å². The molecule has 0 bridgehead atoms. The Morgan fingerprint density at radius 1 is 1.08 bits per heavy atom. The van der Waals surface area contributed by atoms with Gasteiger partial charge in [0.05, 0.1) is 5.69 Å². The van der Waals surface area contributed by atoms with E-state index in [0.29, 0.717) is 0 Å². The molecule has 5 nitrogen and oxygen atoms in total. The molecule has 0 unspecified atom stereocenters. The van der Waals surface area contributed by atoms with E-state index in [0.717, 1.165) is 53.9 Å². The van der Waals surface area contributed by atoms with E-state index < -0.39 is 0 Å². The highest BCUT2D eigenvalue weighted by molar-refractivity contribution is 7.17. The third-order valence-electron chi connectivity index (χ3n) is 5.35. The van der Waals surface area contributed by atoms with Crippen LogP contribution in [0, 0.1) is 6.92 Å². The van der Waals surface area contributed by atoms with Crippen LogP contribution in [0.1, 0.15) is 28.2 Å². The third kappa shape index (κ3) is 4.01. The molecule has 0 aliphatic carbocycles. The molecule has 0 saturated carbocycles. The lowest BCUT2D eigenvalue weighted by atomic mass is 10.2. The van der Waals surface area contributed by atoms with Gasteiger partial charge in [-0.3, -0.25) is 9.69 Å². The second kappa shape index (κ2) is 8.17. The van der Waals surface area contributed by atoms with Gasteiger partial charge in [0.1, 0.15) is 9.88 Å². The van der Waals surface area contributed by atoms with Crippen molar-refractivity contribution in [3.8, 4) is 10.6 Å². The fourth-order valence-corrected chi connectivity index (χ4v) is 5.46. The van der Waals surface area contributed by atoms with E-state index in [-0.39, 0.29) is 5.91 Å². The van der Waals surface area contributed by atoms with Gasteiger partial charge in [-0.2, -0.15) is 11.3 Å². The monoisotopic (exact) mass is 390 g/mol. The SMILES string of the molecule is Cc1nc(-c2ccsc2)sc1C(=O)N1CCN(CCN2CCCC2)CC1. The summed E-state index contributed by atoms with van der Waals surface area (Å²) in [5, 5.41) is 5.09. The van der Waals surface area contributed by atoms with Crippen LogP contribution in [0.3, 0.4) is 0 Å². The van der Waals surface area contributed by atoms with E-state index in [2.05, 4.69) is 31.6 Å². The molecule has 0 spiro atoms. The lowest BCUT2D eigenvalue weighted by Gasteiger charge is -2.35. The largest absolute Gasteiger partial charge is 0.335 e. The number of nitrogens with zero attached hydrogens (tertiary/aromatic N) is 4. The zero-order valence-electron chi connectivity index (χ0n) is 15.3. The van der Waals surface area contributed by atoms with Crippen LogP contribution in [-0.4, -0.2) is 77.9 Å². The van der Waals surface area contributed by atoms with Gasteiger partial charge in [0.15, 0.2) is 0 Å². The minimum Gasteiger partial charge on any atom is -0.335 e. The van der Waals surface area contributed by atoms with E-state index in [4.69, 9.17) is 0 Å². The van der Waals surface area contributed by atoms with Crippen molar-refractivity contribution in [2.45, 2.75) is 19.8 Å². The van der Waals surface area contributed by atoms with Crippen molar-refractivity contribution < 1.29 is 4.79 Å². The number of aromatic nitrogens is 1.